The maximum Gasteiger partial charge on any atom is 0.165 e. The molecule has 6 nitrogen and oxygen atoms in total. The lowest BCUT2D eigenvalue weighted by Gasteiger charge is -2.10. The summed E-state index contributed by atoms with van der Waals surface area (Å²) in [6.45, 7) is 0. The Morgan fingerprint density at radius 2 is 0.786 bits per heavy atom. The van der Waals surface area contributed by atoms with Crippen LogP contribution in [0.1, 0.15) is 0 Å². The summed E-state index contributed by atoms with van der Waals surface area (Å²) in [6.07, 6.45) is 0. The molecular formula is C5H10O6S3. The summed E-state index contributed by atoms with van der Waals surface area (Å²) in [6, 6.07) is 0. The molecule has 0 saturated carbocycles. The number of hydrogen-bond donors (Lipinski definition) is 0. The molecule has 1 saturated heterocycles. The van der Waals surface area contributed by atoms with Gasteiger partial charge in [0, 0.05) is 0 Å². The molecule has 1 fully saturated rings. The van der Waals surface area contributed by atoms with Crippen molar-refractivity contribution in [2.24, 2.45) is 0 Å². The van der Waals surface area contributed by atoms with E-state index in [0.29, 0.717) is 0 Å². The van der Waals surface area contributed by atoms with Gasteiger partial charge in [0.05, 0.1) is 23.0 Å². The summed E-state index contributed by atoms with van der Waals surface area (Å²) in [5.41, 5.74) is 0. The van der Waals surface area contributed by atoms with Crippen LogP contribution in [0.2, 0.25) is 0 Å². The van der Waals surface area contributed by atoms with Gasteiger partial charge in [-0.05, 0) is 0 Å². The van der Waals surface area contributed by atoms with Crippen molar-refractivity contribution in [1.82, 2.24) is 0 Å². The lowest BCUT2D eigenvalue weighted by molar-refractivity contribution is 0.579. The fourth-order valence-corrected chi connectivity index (χ4v) is 8.40. The van der Waals surface area contributed by atoms with Crippen LogP contribution >= 0.6 is 0 Å². The van der Waals surface area contributed by atoms with E-state index >= 15 is 0 Å². The second-order valence-corrected chi connectivity index (χ2v) is 10.2. The molecule has 84 valence electrons. The average molecular weight is 262 g/mol. The minimum atomic E-state index is -3.79. The highest BCUT2D eigenvalue weighted by Crippen LogP contribution is 2.07. The van der Waals surface area contributed by atoms with Crippen LogP contribution < -0.4 is 0 Å². The van der Waals surface area contributed by atoms with E-state index in [0.717, 1.165) is 0 Å². The Bertz CT molecular complexity index is 466. The highest BCUT2D eigenvalue weighted by Gasteiger charge is 2.29. The van der Waals surface area contributed by atoms with Crippen molar-refractivity contribution in [1.29, 1.82) is 0 Å². The molecule has 14 heavy (non-hydrogen) atoms. The third-order valence-electron chi connectivity index (χ3n) is 1.77. The van der Waals surface area contributed by atoms with Gasteiger partial charge in [0.25, 0.3) is 0 Å². The monoisotopic (exact) mass is 262 g/mol. The molecule has 0 radical (unpaired) electrons. The van der Waals surface area contributed by atoms with Gasteiger partial charge in [-0.15, -0.1) is 0 Å². The van der Waals surface area contributed by atoms with Gasteiger partial charge in [-0.2, -0.15) is 0 Å². The fourth-order valence-electron chi connectivity index (χ4n) is 1.00. The molecule has 0 bridgehead atoms. The molecule has 0 aromatic rings. The molecule has 0 unspecified atom stereocenters. The van der Waals surface area contributed by atoms with E-state index in [2.05, 4.69) is 0 Å². The van der Waals surface area contributed by atoms with Crippen LogP contribution in [0.4, 0.5) is 0 Å². The molecule has 1 rings (SSSR count). The van der Waals surface area contributed by atoms with Crippen LogP contribution in [0.15, 0.2) is 0 Å². The summed E-state index contributed by atoms with van der Waals surface area (Å²) in [7, 11) is -11.1. The van der Waals surface area contributed by atoms with Gasteiger partial charge < -0.3 is 0 Å². The molecule has 0 N–H and O–H groups in total. The zero-order chi connectivity index (χ0) is 11.0. The Kier molecular flexibility index (Phi) is 2.94. The highest BCUT2D eigenvalue weighted by atomic mass is 32.3. The Labute approximate surface area is 83.1 Å². The zero-order valence-electron chi connectivity index (χ0n) is 7.21. The van der Waals surface area contributed by atoms with Gasteiger partial charge in [0.15, 0.2) is 34.6 Å². The molecule has 0 aliphatic carbocycles. The van der Waals surface area contributed by atoms with Gasteiger partial charge >= 0.3 is 0 Å². The highest BCUT2D eigenvalue weighted by molar-refractivity contribution is 8.09. The maximum absolute atomic E-state index is 11.1. The van der Waals surface area contributed by atoms with Crippen LogP contribution in [0.25, 0.3) is 0 Å². The van der Waals surface area contributed by atoms with Gasteiger partial charge in [-0.3, -0.25) is 0 Å². The minimum absolute atomic E-state index is 0.481. The molecular weight excluding hydrogens is 252 g/mol. The van der Waals surface area contributed by atoms with E-state index in [9.17, 15) is 25.3 Å². The first kappa shape index (κ1) is 11.9. The summed E-state index contributed by atoms with van der Waals surface area (Å²) in [4.78, 5) is 0. The van der Waals surface area contributed by atoms with E-state index in [-0.39, 0.29) is 0 Å². The lowest BCUT2D eigenvalue weighted by atomic mass is 10.9. The summed E-state index contributed by atoms with van der Waals surface area (Å²) in [5.74, 6) is -2.17. The summed E-state index contributed by atoms with van der Waals surface area (Å²) >= 11 is 0. The second-order valence-electron chi connectivity index (χ2n) is 3.17. The molecule has 1 aliphatic heterocycles. The van der Waals surface area contributed by atoms with Crippen molar-refractivity contribution in [3.05, 3.63) is 0 Å². The van der Waals surface area contributed by atoms with E-state index < -0.39 is 57.6 Å². The molecule has 9 heteroatoms. The Hall–Kier alpha value is -0.150. The molecule has 0 atom stereocenters. The van der Waals surface area contributed by atoms with E-state index in [1.807, 2.05) is 0 Å². The van der Waals surface area contributed by atoms with E-state index in [4.69, 9.17) is 0 Å². The normalized spacial score (nSPS) is 30.0. The van der Waals surface area contributed by atoms with Crippen molar-refractivity contribution in [2.75, 3.05) is 28.1 Å². The molecule has 0 aromatic carbocycles. The number of rotatable bonds is 0. The first-order valence-corrected chi connectivity index (χ1v) is 9.20. The van der Waals surface area contributed by atoms with Gasteiger partial charge in [-0.25, -0.2) is 25.3 Å². The molecule has 0 amide bonds. The van der Waals surface area contributed by atoms with E-state index in [1.165, 1.54) is 0 Å². The van der Waals surface area contributed by atoms with Crippen LogP contribution in [0, 0.1) is 0 Å². The third kappa shape index (κ3) is 3.54. The first-order chi connectivity index (χ1) is 6.12. The van der Waals surface area contributed by atoms with Crippen LogP contribution in [-0.2, 0) is 29.5 Å². The Morgan fingerprint density at radius 1 is 0.500 bits per heavy atom. The van der Waals surface area contributed by atoms with Gasteiger partial charge in [-0.1, -0.05) is 0 Å². The maximum atomic E-state index is 11.1. The molecule has 1 heterocycles. The van der Waals surface area contributed by atoms with Crippen molar-refractivity contribution in [3.8, 4) is 0 Å². The standard InChI is InChI=1S/C5H10O6S3/c6-12(7)1-3-13(8,9)5-14(10,11)4-2-12/h1-5H2. The molecule has 1 aliphatic rings. The van der Waals surface area contributed by atoms with Crippen LogP contribution in [0.3, 0.4) is 0 Å². The second kappa shape index (κ2) is 3.46. The van der Waals surface area contributed by atoms with Crippen molar-refractivity contribution in [2.45, 2.75) is 0 Å². The van der Waals surface area contributed by atoms with Crippen molar-refractivity contribution in [3.63, 3.8) is 0 Å². The summed E-state index contributed by atoms with van der Waals surface area (Å²) < 4.78 is 66.5. The quantitative estimate of drug-likeness (QED) is 0.510. The summed E-state index contributed by atoms with van der Waals surface area (Å²) in [5, 5.41) is -0.935. The Balaban J connectivity index is 3.10. The number of hydrogen-bond acceptors (Lipinski definition) is 6. The lowest BCUT2D eigenvalue weighted by Crippen LogP contribution is -2.32. The first-order valence-electron chi connectivity index (χ1n) is 3.73. The van der Waals surface area contributed by atoms with E-state index in [1.54, 1.807) is 0 Å². The third-order valence-corrected chi connectivity index (χ3v) is 8.46. The van der Waals surface area contributed by atoms with Gasteiger partial charge in [0.1, 0.15) is 0 Å². The smallest absolute Gasteiger partial charge is 0.165 e. The molecule has 0 spiro atoms. The zero-order valence-corrected chi connectivity index (χ0v) is 9.66. The fraction of sp³-hybridized carbons (Fsp3) is 1.00. The SMILES string of the molecule is O=S1(=O)CCS(=O)(=O)CS(=O)(=O)CC1. The topological polar surface area (TPSA) is 102 Å². The predicted octanol–water partition coefficient (Wildman–Crippen LogP) is -1.80. The Morgan fingerprint density at radius 3 is 1.14 bits per heavy atom. The minimum Gasteiger partial charge on any atom is -0.229 e. The van der Waals surface area contributed by atoms with Crippen LogP contribution in [-0.4, -0.2) is 53.3 Å². The average Bonchev–Trinajstić information content (AvgIpc) is 1.96. The van der Waals surface area contributed by atoms with Crippen molar-refractivity contribution < 1.29 is 25.3 Å². The predicted molar refractivity (Wildman–Crippen MR) is 51.1 cm³/mol. The largest absolute Gasteiger partial charge is 0.229 e. The van der Waals surface area contributed by atoms with Crippen LogP contribution in [0.5, 0.6) is 0 Å². The number of sulfone groups is 3. The van der Waals surface area contributed by atoms with Crippen molar-refractivity contribution >= 4 is 29.5 Å². The molecule has 0 aromatic heterocycles. The van der Waals surface area contributed by atoms with Gasteiger partial charge in [0.2, 0.25) is 0 Å².